The summed E-state index contributed by atoms with van der Waals surface area (Å²) in [6.07, 6.45) is -1.40. The van der Waals surface area contributed by atoms with Crippen LogP contribution in [0.4, 0.5) is 13.2 Å². The maximum atomic E-state index is 12.1. The van der Waals surface area contributed by atoms with Crippen LogP contribution < -0.4 is 0 Å². The molecule has 1 heterocycles. The molecule has 0 saturated heterocycles. The molecule has 0 saturated carbocycles. The van der Waals surface area contributed by atoms with Gasteiger partial charge < -0.3 is 9.72 Å². The van der Waals surface area contributed by atoms with Crippen LogP contribution in [0.1, 0.15) is 11.5 Å². The van der Waals surface area contributed by atoms with Gasteiger partial charge in [0.2, 0.25) is 5.82 Å². The lowest BCUT2D eigenvalue weighted by atomic mass is 10.4. The topological polar surface area (TPSA) is 55.0 Å². The van der Waals surface area contributed by atoms with Crippen molar-refractivity contribution in [1.82, 2.24) is 9.97 Å². The molecule has 1 rings (SSSR count). The molecule has 0 unspecified atom stereocenters. The SMILES string of the molecule is COC(=O)/C=C/c1cnc(C(F)(F)F)[nH]1. The van der Waals surface area contributed by atoms with Crippen LogP contribution in [0.5, 0.6) is 0 Å². The lowest BCUT2D eigenvalue weighted by molar-refractivity contribution is -0.144. The zero-order valence-electron chi connectivity index (χ0n) is 7.63. The van der Waals surface area contributed by atoms with E-state index in [0.29, 0.717) is 0 Å². The van der Waals surface area contributed by atoms with Crippen LogP contribution in [0, 0.1) is 0 Å². The number of aromatic nitrogens is 2. The highest BCUT2D eigenvalue weighted by atomic mass is 19.4. The first-order valence-corrected chi connectivity index (χ1v) is 3.81. The molecule has 7 heteroatoms. The maximum Gasteiger partial charge on any atom is 0.449 e. The highest BCUT2D eigenvalue weighted by molar-refractivity contribution is 5.86. The summed E-state index contributed by atoms with van der Waals surface area (Å²) < 4.78 is 40.4. The molecule has 82 valence electrons. The van der Waals surface area contributed by atoms with Crippen molar-refractivity contribution >= 4 is 12.0 Å². The second kappa shape index (κ2) is 4.16. The van der Waals surface area contributed by atoms with Crippen LogP contribution in [0.25, 0.3) is 6.08 Å². The van der Waals surface area contributed by atoms with Gasteiger partial charge in [-0.3, -0.25) is 0 Å². The predicted octanol–water partition coefficient (Wildman–Crippen LogP) is 1.61. The van der Waals surface area contributed by atoms with Crippen molar-refractivity contribution in [3.05, 3.63) is 23.8 Å². The number of alkyl halides is 3. The van der Waals surface area contributed by atoms with Gasteiger partial charge in [0.05, 0.1) is 19.0 Å². The molecule has 0 atom stereocenters. The number of H-pyrrole nitrogens is 1. The average Bonchev–Trinajstić information content (AvgIpc) is 2.61. The summed E-state index contributed by atoms with van der Waals surface area (Å²) in [6, 6.07) is 0. The molecule has 0 fully saturated rings. The Morgan fingerprint density at radius 2 is 2.27 bits per heavy atom. The number of methoxy groups -OCH3 is 1. The highest BCUT2D eigenvalue weighted by Gasteiger charge is 2.34. The number of carbonyl (C=O) groups is 1. The fraction of sp³-hybridized carbons (Fsp3) is 0.250. The van der Waals surface area contributed by atoms with Gasteiger partial charge in [0.1, 0.15) is 0 Å². The van der Waals surface area contributed by atoms with E-state index in [1.807, 2.05) is 4.98 Å². The summed E-state index contributed by atoms with van der Waals surface area (Å²) in [5.74, 6) is -1.76. The van der Waals surface area contributed by atoms with Crippen LogP contribution in [-0.4, -0.2) is 23.0 Å². The van der Waals surface area contributed by atoms with E-state index in [1.54, 1.807) is 0 Å². The smallest absolute Gasteiger partial charge is 0.449 e. The van der Waals surface area contributed by atoms with E-state index in [2.05, 4.69) is 9.72 Å². The van der Waals surface area contributed by atoms with Gasteiger partial charge >= 0.3 is 12.1 Å². The van der Waals surface area contributed by atoms with E-state index in [0.717, 1.165) is 18.3 Å². The standard InChI is InChI=1S/C8H7F3N2O2/c1-15-6(14)3-2-5-4-12-7(13-5)8(9,10)11/h2-4H,1H3,(H,12,13)/b3-2+. The molecule has 1 N–H and O–H groups in total. The van der Waals surface area contributed by atoms with Crippen molar-refractivity contribution in [2.75, 3.05) is 7.11 Å². The Morgan fingerprint density at radius 3 is 2.73 bits per heavy atom. The monoisotopic (exact) mass is 220 g/mol. The van der Waals surface area contributed by atoms with Crippen LogP contribution in [0.3, 0.4) is 0 Å². The quantitative estimate of drug-likeness (QED) is 0.608. The Hall–Kier alpha value is -1.79. The Kier molecular flexibility index (Phi) is 3.13. The Labute approximate surface area is 82.8 Å². The largest absolute Gasteiger partial charge is 0.466 e. The normalized spacial score (nSPS) is 12.0. The van der Waals surface area contributed by atoms with Gasteiger partial charge in [-0.2, -0.15) is 13.2 Å². The number of nitrogens with zero attached hydrogens (tertiary/aromatic N) is 1. The van der Waals surface area contributed by atoms with Gasteiger partial charge in [0, 0.05) is 6.08 Å². The minimum atomic E-state index is -4.52. The molecule has 1 aromatic heterocycles. The molecule has 0 spiro atoms. The van der Waals surface area contributed by atoms with Crippen LogP contribution in [0.2, 0.25) is 0 Å². The lowest BCUT2D eigenvalue weighted by Crippen LogP contribution is -2.07. The van der Waals surface area contributed by atoms with Crippen LogP contribution in [-0.2, 0) is 15.7 Å². The number of rotatable bonds is 2. The van der Waals surface area contributed by atoms with Gasteiger partial charge in [-0.25, -0.2) is 9.78 Å². The Bertz CT molecular complexity index is 381. The van der Waals surface area contributed by atoms with E-state index in [1.165, 1.54) is 7.11 Å². The van der Waals surface area contributed by atoms with E-state index < -0.39 is 18.0 Å². The number of nitrogens with one attached hydrogen (secondary N) is 1. The zero-order chi connectivity index (χ0) is 11.5. The van der Waals surface area contributed by atoms with Crippen molar-refractivity contribution in [2.45, 2.75) is 6.18 Å². The summed E-state index contributed by atoms with van der Waals surface area (Å²) in [6.45, 7) is 0. The van der Waals surface area contributed by atoms with Crippen molar-refractivity contribution in [1.29, 1.82) is 0 Å². The molecule has 0 radical (unpaired) electrons. The number of aromatic amines is 1. The maximum absolute atomic E-state index is 12.1. The fourth-order valence-electron chi connectivity index (χ4n) is 0.790. The molecule has 0 amide bonds. The van der Waals surface area contributed by atoms with Gasteiger partial charge in [0.15, 0.2) is 0 Å². The van der Waals surface area contributed by atoms with Crippen molar-refractivity contribution in [3.8, 4) is 0 Å². The predicted molar refractivity (Wildman–Crippen MR) is 44.6 cm³/mol. The molecule has 0 aliphatic rings. The Balaban J connectivity index is 2.77. The molecule has 0 aliphatic carbocycles. The van der Waals surface area contributed by atoms with Crippen LogP contribution in [0.15, 0.2) is 12.3 Å². The molecule has 1 aromatic rings. The minimum absolute atomic E-state index is 0.0766. The second-order valence-corrected chi connectivity index (χ2v) is 2.54. The number of halogens is 3. The van der Waals surface area contributed by atoms with E-state index in [-0.39, 0.29) is 5.69 Å². The number of esters is 1. The Morgan fingerprint density at radius 1 is 1.60 bits per heavy atom. The van der Waals surface area contributed by atoms with E-state index in [9.17, 15) is 18.0 Å². The number of hydrogen-bond donors (Lipinski definition) is 1. The molecular weight excluding hydrogens is 213 g/mol. The van der Waals surface area contributed by atoms with Gasteiger partial charge in [-0.1, -0.05) is 0 Å². The van der Waals surface area contributed by atoms with Gasteiger partial charge in [-0.05, 0) is 6.08 Å². The summed E-state index contributed by atoms with van der Waals surface area (Å²) in [5, 5.41) is 0. The van der Waals surface area contributed by atoms with Gasteiger partial charge in [0.25, 0.3) is 0 Å². The molecule has 0 bridgehead atoms. The van der Waals surface area contributed by atoms with Crippen LogP contribution >= 0.6 is 0 Å². The zero-order valence-corrected chi connectivity index (χ0v) is 7.63. The third kappa shape index (κ3) is 3.12. The minimum Gasteiger partial charge on any atom is -0.466 e. The fourth-order valence-corrected chi connectivity index (χ4v) is 0.790. The number of hydrogen-bond acceptors (Lipinski definition) is 3. The number of imidazole rings is 1. The molecular formula is C8H7F3N2O2. The molecule has 4 nitrogen and oxygen atoms in total. The van der Waals surface area contributed by atoms with E-state index in [4.69, 9.17) is 0 Å². The van der Waals surface area contributed by atoms with Crippen molar-refractivity contribution in [2.24, 2.45) is 0 Å². The lowest BCUT2D eigenvalue weighted by Gasteiger charge is -1.99. The van der Waals surface area contributed by atoms with E-state index >= 15 is 0 Å². The highest BCUT2D eigenvalue weighted by Crippen LogP contribution is 2.26. The summed E-state index contributed by atoms with van der Waals surface area (Å²) >= 11 is 0. The summed E-state index contributed by atoms with van der Waals surface area (Å²) in [5.41, 5.74) is 0.0766. The third-order valence-electron chi connectivity index (χ3n) is 1.46. The second-order valence-electron chi connectivity index (χ2n) is 2.54. The average molecular weight is 220 g/mol. The summed E-state index contributed by atoms with van der Waals surface area (Å²) in [4.78, 5) is 15.7. The first kappa shape index (κ1) is 11.3. The number of ether oxygens (including phenoxy) is 1. The molecule has 15 heavy (non-hydrogen) atoms. The van der Waals surface area contributed by atoms with Crippen molar-refractivity contribution < 1.29 is 22.7 Å². The van der Waals surface area contributed by atoms with Crippen molar-refractivity contribution in [3.63, 3.8) is 0 Å². The number of carbonyl (C=O) groups excluding carboxylic acids is 1. The molecule has 0 aromatic carbocycles. The van der Waals surface area contributed by atoms with Gasteiger partial charge in [-0.15, -0.1) is 0 Å². The summed E-state index contributed by atoms with van der Waals surface area (Å²) in [7, 11) is 1.17. The first-order chi connectivity index (χ1) is 6.93. The molecule has 0 aliphatic heterocycles. The third-order valence-corrected chi connectivity index (χ3v) is 1.46. The first-order valence-electron chi connectivity index (χ1n) is 3.81.